The van der Waals surface area contributed by atoms with E-state index >= 15 is 0 Å². The molecule has 0 aromatic heterocycles. The minimum Gasteiger partial charge on any atom is -0.450 e. The van der Waals surface area contributed by atoms with Crippen LogP contribution in [0.15, 0.2) is 0 Å². The van der Waals surface area contributed by atoms with Crippen molar-refractivity contribution in [1.29, 1.82) is 0 Å². The van der Waals surface area contributed by atoms with Gasteiger partial charge in [0.1, 0.15) is 0 Å². The summed E-state index contributed by atoms with van der Waals surface area (Å²) in [6, 6.07) is 0.198. The smallest absolute Gasteiger partial charge is 0.407 e. The van der Waals surface area contributed by atoms with Crippen LogP contribution in [0.5, 0.6) is 0 Å². The molecule has 0 heterocycles. The van der Waals surface area contributed by atoms with Gasteiger partial charge >= 0.3 is 6.09 Å². The summed E-state index contributed by atoms with van der Waals surface area (Å²) < 4.78 is 4.74. The fourth-order valence-electron chi connectivity index (χ4n) is 1.14. The number of hydrogen-bond acceptors (Lipinski definition) is 2. The number of hydrogen-bond donors (Lipinski definition) is 1. The summed E-state index contributed by atoms with van der Waals surface area (Å²) in [5.41, 5.74) is 0. The fourth-order valence-corrected chi connectivity index (χ4v) is 1.14. The van der Waals surface area contributed by atoms with Crippen molar-refractivity contribution in [3.8, 4) is 0 Å². The average molecular weight is 173 g/mol. The highest BCUT2D eigenvalue weighted by Gasteiger charge is 2.08. The standard InChI is InChI=1S/C9H19NO2/c1-5-12-9(11)10-8(4)6-7(2)3/h7-8H,5-6H2,1-4H3,(H,10,11). The molecule has 1 amide bonds. The van der Waals surface area contributed by atoms with Gasteiger partial charge in [-0.3, -0.25) is 0 Å². The Hall–Kier alpha value is -0.730. The van der Waals surface area contributed by atoms with Crippen LogP contribution in [0.4, 0.5) is 4.79 Å². The maximum atomic E-state index is 10.9. The van der Waals surface area contributed by atoms with E-state index in [2.05, 4.69) is 19.2 Å². The number of carbonyl (C=O) groups is 1. The lowest BCUT2D eigenvalue weighted by Crippen LogP contribution is -2.33. The van der Waals surface area contributed by atoms with Crippen molar-refractivity contribution in [2.45, 2.75) is 40.2 Å². The van der Waals surface area contributed by atoms with Gasteiger partial charge in [-0.1, -0.05) is 13.8 Å². The van der Waals surface area contributed by atoms with E-state index in [9.17, 15) is 4.79 Å². The van der Waals surface area contributed by atoms with E-state index in [4.69, 9.17) is 4.74 Å². The van der Waals surface area contributed by atoms with Crippen molar-refractivity contribution in [3.05, 3.63) is 0 Å². The lowest BCUT2D eigenvalue weighted by molar-refractivity contribution is 0.147. The quantitative estimate of drug-likeness (QED) is 0.707. The second-order valence-corrected chi connectivity index (χ2v) is 3.40. The molecule has 0 saturated carbocycles. The van der Waals surface area contributed by atoms with E-state index < -0.39 is 0 Å². The maximum absolute atomic E-state index is 10.9. The highest BCUT2D eigenvalue weighted by Crippen LogP contribution is 2.03. The Morgan fingerprint density at radius 1 is 1.42 bits per heavy atom. The second-order valence-electron chi connectivity index (χ2n) is 3.40. The maximum Gasteiger partial charge on any atom is 0.407 e. The summed E-state index contributed by atoms with van der Waals surface area (Å²) >= 11 is 0. The molecular formula is C9H19NO2. The van der Waals surface area contributed by atoms with Crippen LogP contribution in [0.25, 0.3) is 0 Å². The molecule has 12 heavy (non-hydrogen) atoms. The van der Waals surface area contributed by atoms with Crippen LogP contribution in [0.1, 0.15) is 34.1 Å². The molecule has 0 bridgehead atoms. The van der Waals surface area contributed by atoms with Crippen molar-refractivity contribution in [3.63, 3.8) is 0 Å². The lowest BCUT2D eigenvalue weighted by atomic mass is 10.1. The van der Waals surface area contributed by atoms with Crippen molar-refractivity contribution in [1.82, 2.24) is 5.32 Å². The second kappa shape index (κ2) is 5.86. The van der Waals surface area contributed by atoms with Gasteiger partial charge in [0.25, 0.3) is 0 Å². The molecule has 0 fully saturated rings. The Morgan fingerprint density at radius 3 is 2.42 bits per heavy atom. The van der Waals surface area contributed by atoms with Crippen molar-refractivity contribution in [2.24, 2.45) is 5.92 Å². The zero-order chi connectivity index (χ0) is 9.56. The Bertz CT molecular complexity index is 134. The van der Waals surface area contributed by atoms with E-state index in [1.54, 1.807) is 6.92 Å². The van der Waals surface area contributed by atoms with Crippen LogP contribution in [0.3, 0.4) is 0 Å². The molecule has 0 radical (unpaired) electrons. The van der Waals surface area contributed by atoms with Gasteiger partial charge in [0.2, 0.25) is 0 Å². The van der Waals surface area contributed by atoms with E-state index in [1.807, 2.05) is 6.92 Å². The third-order valence-electron chi connectivity index (χ3n) is 1.46. The first kappa shape index (κ1) is 11.3. The van der Waals surface area contributed by atoms with Gasteiger partial charge in [-0.25, -0.2) is 4.79 Å². The van der Waals surface area contributed by atoms with Crippen molar-refractivity contribution < 1.29 is 9.53 Å². The third-order valence-corrected chi connectivity index (χ3v) is 1.46. The Morgan fingerprint density at radius 2 is 2.00 bits per heavy atom. The predicted octanol–water partition coefficient (Wildman–Crippen LogP) is 2.17. The fraction of sp³-hybridized carbons (Fsp3) is 0.889. The summed E-state index contributed by atoms with van der Waals surface area (Å²) in [6.45, 7) is 8.47. The summed E-state index contributed by atoms with van der Waals surface area (Å²) in [5.74, 6) is 0.599. The SMILES string of the molecule is CCOC(=O)NC(C)CC(C)C. The first-order valence-corrected chi connectivity index (χ1v) is 4.49. The average Bonchev–Trinajstić information content (AvgIpc) is 1.84. The Kier molecular flexibility index (Phi) is 5.51. The van der Waals surface area contributed by atoms with E-state index in [0.717, 1.165) is 6.42 Å². The summed E-state index contributed by atoms with van der Waals surface area (Å²) in [7, 11) is 0. The number of carbonyl (C=O) groups excluding carboxylic acids is 1. The molecule has 0 spiro atoms. The van der Waals surface area contributed by atoms with Crippen molar-refractivity contribution in [2.75, 3.05) is 6.61 Å². The molecule has 1 atom stereocenters. The van der Waals surface area contributed by atoms with Crippen LogP contribution >= 0.6 is 0 Å². The molecule has 72 valence electrons. The van der Waals surface area contributed by atoms with E-state index in [1.165, 1.54) is 0 Å². The lowest BCUT2D eigenvalue weighted by Gasteiger charge is -2.15. The molecular weight excluding hydrogens is 154 g/mol. The number of alkyl carbamates (subject to hydrolysis) is 1. The molecule has 0 aliphatic carbocycles. The summed E-state index contributed by atoms with van der Waals surface area (Å²) in [4.78, 5) is 10.9. The predicted molar refractivity (Wildman–Crippen MR) is 49.1 cm³/mol. The van der Waals surface area contributed by atoms with Gasteiger partial charge in [0, 0.05) is 6.04 Å². The van der Waals surface area contributed by atoms with Crippen molar-refractivity contribution >= 4 is 6.09 Å². The molecule has 0 aliphatic heterocycles. The van der Waals surface area contributed by atoms with Gasteiger partial charge in [0.15, 0.2) is 0 Å². The first-order chi connectivity index (χ1) is 5.56. The summed E-state index contributed by atoms with van der Waals surface area (Å²) in [6.07, 6.45) is 0.671. The minimum absolute atomic E-state index is 0.198. The molecule has 1 unspecified atom stereocenters. The number of rotatable bonds is 4. The topological polar surface area (TPSA) is 38.3 Å². The molecule has 1 N–H and O–H groups in total. The molecule has 3 heteroatoms. The number of ether oxygens (including phenoxy) is 1. The van der Waals surface area contributed by atoms with Crippen LogP contribution in [0.2, 0.25) is 0 Å². The van der Waals surface area contributed by atoms with Gasteiger partial charge in [-0.15, -0.1) is 0 Å². The third kappa shape index (κ3) is 6.01. The van der Waals surface area contributed by atoms with Crippen LogP contribution < -0.4 is 5.32 Å². The highest BCUT2D eigenvalue weighted by molar-refractivity contribution is 5.67. The number of nitrogens with one attached hydrogen (secondary N) is 1. The molecule has 3 nitrogen and oxygen atoms in total. The summed E-state index contributed by atoms with van der Waals surface area (Å²) in [5, 5.41) is 2.75. The van der Waals surface area contributed by atoms with Crippen LogP contribution in [-0.2, 0) is 4.74 Å². The highest BCUT2D eigenvalue weighted by atomic mass is 16.5. The molecule has 0 aromatic carbocycles. The molecule has 0 rings (SSSR count). The Balaban J connectivity index is 3.54. The minimum atomic E-state index is -0.314. The zero-order valence-electron chi connectivity index (χ0n) is 8.39. The largest absolute Gasteiger partial charge is 0.450 e. The van der Waals surface area contributed by atoms with E-state index in [-0.39, 0.29) is 12.1 Å². The molecule has 0 aromatic rings. The Labute approximate surface area is 74.5 Å². The monoisotopic (exact) mass is 173 g/mol. The van der Waals surface area contributed by atoms with Gasteiger partial charge < -0.3 is 10.1 Å². The van der Waals surface area contributed by atoms with Gasteiger partial charge in [-0.05, 0) is 26.2 Å². The van der Waals surface area contributed by atoms with Crippen LogP contribution in [0, 0.1) is 5.92 Å². The van der Waals surface area contributed by atoms with E-state index in [0.29, 0.717) is 12.5 Å². The van der Waals surface area contributed by atoms with Crippen LogP contribution in [-0.4, -0.2) is 18.7 Å². The van der Waals surface area contributed by atoms with Gasteiger partial charge in [0.05, 0.1) is 6.61 Å². The normalized spacial score (nSPS) is 12.8. The molecule has 0 aliphatic rings. The van der Waals surface area contributed by atoms with Gasteiger partial charge in [-0.2, -0.15) is 0 Å². The molecule has 0 saturated heterocycles. The first-order valence-electron chi connectivity index (χ1n) is 4.49. The zero-order valence-corrected chi connectivity index (χ0v) is 8.39. The number of amides is 1.